The standard InChI is InChI=1S/C17H24F3N3O2/c1-16(2,3)23-10-6-9-22(11-12-23)15(24)21-13-7-4-5-8-14(13)25-17(18,19)20/h4-5,7-8H,6,9-12H2,1-3H3,(H,21,24). The summed E-state index contributed by atoms with van der Waals surface area (Å²) in [6.45, 7) is 9.03. The third-order valence-corrected chi connectivity index (χ3v) is 4.09. The van der Waals surface area contributed by atoms with E-state index >= 15 is 0 Å². The van der Waals surface area contributed by atoms with Crippen LogP contribution in [0.4, 0.5) is 23.7 Å². The normalized spacial score (nSPS) is 17.1. The van der Waals surface area contributed by atoms with Gasteiger partial charge in [0.1, 0.15) is 0 Å². The monoisotopic (exact) mass is 359 g/mol. The number of carbonyl (C=O) groups excluding carboxylic acids is 1. The summed E-state index contributed by atoms with van der Waals surface area (Å²) < 4.78 is 41.4. The van der Waals surface area contributed by atoms with E-state index in [4.69, 9.17) is 0 Å². The first-order valence-electron chi connectivity index (χ1n) is 8.22. The zero-order valence-electron chi connectivity index (χ0n) is 14.7. The molecular weight excluding hydrogens is 335 g/mol. The third-order valence-electron chi connectivity index (χ3n) is 4.09. The molecule has 2 amide bonds. The average molecular weight is 359 g/mol. The highest BCUT2D eigenvalue weighted by molar-refractivity contribution is 5.91. The lowest BCUT2D eigenvalue weighted by atomic mass is 10.1. The molecule has 0 spiro atoms. The lowest BCUT2D eigenvalue weighted by molar-refractivity contribution is -0.274. The molecule has 0 bridgehead atoms. The predicted octanol–water partition coefficient (Wildman–Crippen LogP) is 3.92. The Morgan fingerprint density at radius 3 is 2.40 bits per heavy atom. The molecule has 1 heterocycles. The van der Waals surface area contributed by atoms with E-state index in [0.717, 1.165) is 19.5 Å². The second-order valence-corrected chi connectivity index (χ2v) is 6.97. The van der Waals surface area contributed by atoms with Crippen LogP contribution in [0.5, 0.6) is 5.75 Å². The number of ether oxygens (including phenoxy) is 1. The first-order valence-corrected chi connectivity index (χ1v) is 8.22. The largest absolute Gasteiger partial charge is 0.573 e. The number of benzene rings is 1. The van der Waals surface area contributed by atoms with Crippen molar-refractivity contribution in [3.05, 3.63) is 24.3 Å². The summed E-state index contributed by atoms with van der Waals surface area (Å²) in [5.74, 6) is -0.422. The number of nitrogens with one attached hydrogen (secondary N) is 1. The molecule has 140 valence electrons. The minimum atomic E-state index is -4.81. The van der Waals surface area contributed by atoms with Crippen molar-refractivity contribution in [2.45, 2.75) is 39.1 Å². The Morgan fingerprint density at radius 1 is 1.08 bits per heavy atom. The Balaban J connectivity index is 2.03. The van der Waals surface area contributed by atoms with Gasteiger partial charge in [-0.25, -0.2) is 4.79 Å². The van der Waals surface area contributed by atoms with Gasteiger partial charge in [0.2, 0.25) is 0 Å². The van der Waals surface area contributed by atoms with Crippen LogP contribution >= 0.6 is 0 Å². The molecular formula is C17H24F3N3O2. The summed E-state index contributed by atoms with van der Waals surface area (Å²) in [6, 6.07) is 5.10. The Hall–Kier alpha value is -1.96. The topological polar surface area (TPSA) is 44.8 Å². The molecule has 0 aromatic heterocycles. The van der Waals surface area contributed by atoms with Gasteiger partial charge < -0.3 is 15.0 Å². The number of hydrogen-bond acceptors (Lipinski definition) is 3. The van der Waals surface area contributed by atoms with Crippen molar-refractivity contribution >= 4 is 11.7 Å². The number of amides is 2. The maximum atomic E-state index is 12.5. The molecule has 1 aromatic rings. The van der Waals surface area contributed by atoms with Crippen LogP contribution in [0.2, 0.25) is 0 Å². The van der Waals surface area contributed by atoms with Crippen molar-refractivity contribution in [1.82, 2.24) is 9.80 Å². The Morgan fingerprint density at radius 2 is 1.76 bits per heavy atom. The van der Waals surface area contributed by atoms with Gasteiger partial charge in [-0.3, -0.25) is 4.90 Å². The van der Waals surface area contributed by atoms with Gasteiger partial charge in [-0.05, 0) is 39.3 Å². The van der Waals surface area contributed by atoms with Gasteiger partial charge in [-0.2, -0.15) is 0 Å². The van der Waals surface area contributed by atoms with Gasteiger partial charge in [-0.15, -0.1) is 13.2 Å². The summed E-state index contributed by atoms with van der Waals surface area (Å²) in [5, 5.41) is 2.53. The molecule has 8 heteroatoms. The van der Waals surface area contributed by atoms with Gasteiger partial charge in [0.25, 0.3) is 0 Å². The molecule has 1 N–H and O–H groups in total. The minimum Gasteiger partial charge on any atom is -0.404 e. The first-order chi connectivity index (χ1) is 11.6. The maximum Gasteiger partial charge on any atom is 0.573 e. The molecule has 0 atom stereocenters. The molecule has 0 unspecified atom stereocenters. The molecule has 1 fully saturated rings. The fourth-order valence-corrected chi connectivity index (χ4v) is 2.77. The van der Waals surface area contributed by atoms with Gasteiger partial charge in [0.05, 0.1) is 5.69 Å². The number of carbonyl (C=O) groups is 1. The third kappa shape index (κ3) is 5.81. The zero-order chi connectivity index (χ0) is 18.7. The van der Waals surface area contributed by atoms with Crippen LogP contribution in [-0.4, -0.2) is 53.9 Å². The Labute approximate surface area is 145 Å². The molecule has 1 aromatic carbocycles. The zero-order valence-corrected chi connectivity index (χ0v) is 14.7. The van der Waals surface area contributed by atoms with Crippen molar-refractivity contribution in [2.24, 2.45) is 0 Å². The van der Waals surface area contributed by atoms with Gasteiger partial charge in [-0.1, -0.05) is 12.1 Å². The van der Waals surface area contributed by atoms with E-state index in [2.05, 4.69) is 35.7 Å². The number of nitrogens with zero attached hydrogens (tertiary/aromatic N) is 2. The fourth-order valence-electron chi connectivity index (χ4n) is 2.77. The van der Waals surface area contributed by atoms with Crippen molar-refractivity contribution in [3.63, 3.8) is 0 Å². The first kappa shape index (κ1) is 19.4. The van der Waals surface area contributed by atoms with Crippen LogP contribution in [0.1, 0.15) is 27.2 Å². The Kier molecular flexibility index (Phi) is 5.82. The molecule has 0 saturated carbocycles. The number of hydrogen-bond donors (Lipinski definition) is 1. The maximum absolute atomic E-state index is 12.5. The van der Waals surface area contributed by atoms with Crippen molar-refractivity contribution in [1.29, 1.82) is 0 Å². The van der Waals surface area contributed by atoms with E-state index in [9.17, 15) is 18.0 Å². The van der Waals surface area contributed by atoms with E-state index in [1.807, 2.05) is 0 Å². The number of alkyl halides is 3. The van der Waals surface area contributed by atoms with E-state index in [0.29, 0.717) is 13.1 Å². The van der Waals surface area contributed by atoms with Crippen LogP contribution in [0.25, 0.3) is 0 Å². The quantitative estimate of drug-likeness (QED) is 0.870. The predicted molar refractivity (Wildman–Crippen MR) is 89.7 cm³/mol. The molecule has 2 rings (SSSR count). The second-order valence-electron chi connectivity index (χ2n) is 6.97. The van der Waals surface area contributed by atoms with E-state index in [1.54, 1.807) is 11.0 Å². The van der Waals surface area contributed by atoms with Crippen molar-refractivity contribution in [3.8, 4) is 5.75 Å². The van der Waals surface area contributed by atoms with Gasteiger partial charge in [0, 0.05) is 31.7 Å². The van der Waals surface area contributed by atoms with Crippen molar-refractivity contribution in [2.75, 3.05) is 31.5 Å². The van der Waals surface area contributed by atoms with Crippen LogP contribution in [0.3, 0.4) is 0 Å². The highest BCUT2D eigenvalue weighted by Crippen LogP contribution is 2.30. The highest BCUT2D eigenvalue weighted by atomic mass is 19.4. The van der Waals surface area contributed by atoms with Crippen LogP contribution in [0, 0.1) is 0 Å². The number of urea groups is 1. The van der Waals surface area contributed by atoms with Crippen molar-refractivity contribution < 1.29 is 22.7 Å². The van der Waals surface area contributed by atoms with Crippen LogP contribution < -0.4 is 10.1 Å². The molecule has 0 aliphatic carbocycles. The molecule has 1 saturated heterocycles. The van der Waals surface area contributed by atoms with E-state index in [1.165, 1.54) is 18.2 Å². The molecule has 1 aliphatic rings. The number of para-hydroxylation sites is 2. The lowest BCUT2D eigenvalue weighted by Crippen LogP contribution is -2.44. The summed E-state index contributed by atoms with van der Waals surface area (Å²) in [5.41, 5.74) is 0.0151. The summed E-state index contributed by atoms with van der Waals surface area (Å²) in [7, 11) is 0. The average Bonchev–Trinajstić information content (AvgIpc) is 2.73. The van der Waals surface area contributed by atoms with E-state index < -0.39 is 18.1 Å². The summed E-state index contributed by atoms with van der Waals surface area (Å²) in [4.78, 5) is 16.4. The summed E-state index contributed by atoms with van der Waals surface area (Å²) in [6.07, 6.45) is -4.00. The van der Waals surface area contributed by atoms with Gasteiger partial charge in [0.15, 0.2) is 5.75 Å². The molecule has 0 radical (unpaired) electrons. The lowest BCUT2D eigenvalue weighted by Gasteiger charge is -2.34. The van der Waals surface area contributed by atoms with Crippen LogP contribution in [-0.2, 0) is 0 Å². The molecule has 25 heavy (non-hydrogen) atoms. The smallest absolute Gasteiger partial charge is 0.404 e. The Bertz CT molecular complexity index is 600. The number of rotatable bonds is 2. The highest BCUT2D eigenvalue weighted by Gasteiger charge is 2.32. The molecule has 1 aliphatic heterocycles. The van der Waals surface area contributed by atoms with Crippen LogP contribution in [0.15, 0.2) is 24.3 Å². The second kappa shape index (κ2) is 7.51. The molecule has 5 nitrogen and oxygen atoms in total. The minimum absolute atomic E-state index is 0.00162. The fraction of sp³-hybridized carbons (Fsp3) is 0.588. The SMILES string of the molecule is CC(C)(C)N1CCCN(C(=O)Nc2ccccc2OC(F)(F)F)CC1. The van der Waals surface area contributed by atoms with E-state index in [-0.39, 0.29) is 11.2 Å². The number of anilines is 1. The number of halogens is 3. The van der Waals surface area contributed by atoms with Gasteiger partial charge >= 0.3 is 12.4 Å². The summed E-state index contributed by atoms with van der Waals surface area (Å²) >= 11 is 0.